The number of nitro groups is 1. The number of hydrogen-bond donors (Lipinski definition) is 1. The van der Waals surface area contributed by atoms with Gasteiger partial charge in [-0.2, -0.15) is 0 Å². The SMILES string of the molecule is O=C(Nc1cccc([N+](=O)[O-])c1)c1cccc(N2C(=O)[C@@H]3[C@H]4C=C[C@@H]([C@@H]5C[C@H]45)[C@H]3C2=O)c1. The van der Waals surface area contributed by atoms with E-state index in [-0.39, 0.29) is 52.4 Å². The summed E-state index contributed by atoms with van der Waals surface area (Å²) in [5.41, 5.74) is 0.798. The molecule has 2 saturated carbocycles. The molecule has 6 atom stereocenters. The molecule has 0 unspecified atom stereocenters. The topological polar surface area (TPSA) is 110 Å². The summed E-state index contributed by atoms with van der Waals surface area (Å²) in [7, 11) is 0. The number of benzene rings is 2. The van der Waals surface area contributed by atoms with E-state index in [1.807, 2.05) is 0 Å². The first-order chi connectivity index (χ1) is 15.4. The van der Waals surface area contributed by atoms with Gasteiger partial charge in [0.1, 0.15) is 0 Å². The van der Waals surface area contributed by atoms with E-state index in [9.17, 15) is 24.5 Å². The lowest BCUT2D eigenvalue weighted by atomic mass is 9.63. The second kappa shape index (κ2) is 6.59. The molecule has 0 aromatic heterocycles. The number of rotatable bonds is 4. The Morgan fingerprint density at radius 3 is 2.28 bits per heavy atom. The lowest BCUT2D eigenvalue weighted by Gasteiger charge is -2.37. The van der Waals surface area contributed by atoms with Gasteiger partial charge in [-0.1, -0.05) is 24.3 Å². The van der Waals surface area contributed by atoms with Gasteiger partial charge in [-0.25, -0.2) is 4.90 Å². The summed E-state index contributed by atoms with van der Waals surface area (Å²) < 4.78 is 0. The van der Waals surface area contributed by atoms with E-state index in [1.165, 1.54) is 29.2 Å². The number of nitrogens with zero attached hydrogens (tertiary/aromatic N) is 2. The summed E-state index contributed by atoms with van der Waals surface area (Å²) in [6.45, 7) is 0. The van der Waals surface area contributed by atoms with Gasteiger partial charge in [-0.05, 0) is 54.4 Å². The van der Waals surface area contributed by atoms with Gasteiger partial charge >= 0.3 is 0 Å². The Labute approximate surface area is 183 Å². The maximum absolute atomic E-state index is 13.3. The van der Waals surface area contributed by atoms with Crippen LogP contribution in [0.4, 0.5) is 17.1 Å². The summed E-state index contributed by atoms with van der Waals surface area (Å²) in [6, 6.07) is 12.0. The van der Waals surface area contributed by atoms with Gasteiger partial charge in [0.15, 0.2) is 0 Å². The predicted octanol–water partition coefficient (Wildman–Crippen LogP) is 3.40. The Morgan fingerprint density at radius 2 is 1.62 bits per heavy atom. The van der Waals surface area contributed by atoms with Gasteiger partial charge in [-0.15, -0.1) is 0 Å². The molecule has 8 nitrogen and oxygen atoms in total. The minimum Gasteiger partial charge on any atom is -0.322 e. The van der Waals surface area contributed by atoms with E-state index < -0.39 is 10.8 Å². The van der Waals surface area contributed by atoms with Crippen molar-refractivity contribution in [2.45, 2.75) is 6.42 Å². The molecular formula is C24H19N3O5. The normalized spacial score (nSPS) is 31.3. The molecule has 1 aliphatic heterocycles. The minimum atomic E-state index is -0.535. The van der Waals surface area contributed by atoms with Crippen molar-refractivity contribution in [1.82, 2.24) is 0 Å². The first-order valence-corrected chi connectivity index (χ1v) is 10.7. The third kappa shape index (κ3) is 2.65. The number of hydrogen-bond acceptors (Lipinski definition) is 5. The number of amides is 3. The summed E-state index contributed by atoms with van der Waals surface area (Å²) in [4.78, 5) is 51.0. The number of imide groups is 1. The smallest absolute Gasteiger partial charge is 0.271 e. The molecular weight excluding hydrogens is 410 g/mol. The molecule has 1 saturated heterocycles. The average Bonchev–Trinajstić information content (AvgIpc) is 3.57. The van der Waals surface area contributed by atoms with Crippen LogP contribution in [0.1, 0.15) is 16.8 Å². The van der Waals surface area contributed by atoms with Crippen molar-refractivity contribution in [3.8, 4) is 0 Å². The summed E-state index contributed by atoms with van der Waals surface area (Å²) in [6.07, 6.45) is 5.35. The number of non-ortho nitro benzene ring substituents is 1. The van der Waals surface area contributed by atoms with Crippen molar-refractivity contribution < 1.29 is 19.3 Å². The molecule has 3 fully saturated rings. The Balaban J connectivity index is 1.27. The van der Waals surface area contributed by atoms with Crippen LogP contribution in [-0.4, -0.2) is 22.6 Å². The van der Waals surface area contributed by atoms with Crippen molar-refractivity contribution in [3.05, 3.63) is 76.4 Å². The zero-order chi connectivity index (χ0) is 22.1. The fraction of sp³-hybridized carbons (Fsp3) is 0.292. The Kier molecular flexibility index (Phi) is 3.90. The van der Waals surface area contributed by atoms with E-state index in [1.54, 1.807) is 24.3 Å². The quantitative estimate of drug-likeness (QED) is 0.347. The van der Waals surface area contributed by atoms with E-state index in [2.05, 4.69) is 17.5 Å². The van der Waals surface area contributed by atoms with E-state index in [4.69, 9.17) is 0 Å². The highest BCUT2D eigenvalue weighted by Crippen LogP contribution is 2.65. The van der Waals surface area contributed by atoms with Crippen LogP contribution in [0.2, 0.25) is 0 Å². The molecule has 7 rings (SSSR count). The largest absolute Gasteiger partial charge is 0.322 e. The maximum atomic E-state index is 13.3. The van der Waals surface area contributed by atoms with Gasteiger partial charge in [0.2, 0.25) is 11.8 Å². The van der Waals surface area contributed by atoms with E-state index in [0.29, 0.717) is 17.5 Å². The predicted molar refractivity (Wildman–Crippen MR) is 115 cm³/mol. The summed E-state index contributed by atoms with van der Waals surface area (Å²) in [5, 5.41) is 13.6. The second-order valence-electron chi connectivity index (χ2n) is 8.98. The van der Waals surface area contributed by atoms with Crippen LogP contribution in [0.5, 0.6) is 0 Å². The van der Waals surface area contributed by atoms with Crippen LogP contribution in [0, 0.1) is 45.6 Å². The molecule has 5 aliphatic rings. The monoisotopic (exact) mass is 429 g/mol. The van der Waals surface area contributed by atoms with Crippen molar-refractivity contribution in [2.75, 3.05) is 10.2 Å². The Bertz CT molecular complexity index is 1200. The first kappa shape index (κ1) is 18.9. The zero-order valence-corrected chi connectivity index (χ0v) is 16.9. The minimum absolute atomic E-state index is 0.131. The molecule has 8 heteroatoms. The Hall–Kier alpha value is -3.81. The fourth-order valence-corrected chi connectivity index (χ4v) is 5.90. The van der Waals surface area contributed by atoms with Crippen LogP contribution >= 0.6 is 0 Å². The Morgan fingerprint density at radius 1 is 0.969 bits per heavy atom. The molecule has 2 aromatic carbocycles. The molecule has 3 amide bonds. The zero-order valence-electron chi connectivity index (χ0n) is 16.9. The van der Waals surface area contributed by atoms with Crippen LogP contribution in [-0.2, 0) is 9.59 Å². The molecule has 4 aliphatic carbocycles. The third-order valence-corrected chi connectivity index (χ3v) is 7.34. The first-order valence-electron chi connectivity index (χ1n) is 10.7. The highest BCUT2D eigenvalue weighted by Gasteiger charge is 2.67. The molecule has 0 radical (unpaired) electrons. The number of allylic oxidation sites excluding steroid dienone is 2. The molecule has 2 aromatic rings. The van der Waals surface area contributed by atoms with Crippen molar-refractivity contribution in [2.24, 2.45) is 35.5 Å². The maximum Gasteiger partial charge on any atom is 0.271 e. The molecule has 1 N–H and O–H groups in total. The van der Waals surface area contributed by atoms with Crippen LogP contribution in [0.15, 0.2) is 60.7 Å². The third-order valence-electron chi connectivity index (χ3n) is 7.34. The number of carbonyl (C=O) groups excluding carboxylic acids is 3. The number of anilines is 2. The second-order valence-corrected chi connectivity index (χ2v) is 8.98. The molecule has 32 heavy (non-hydrogen) atoms. The average molecular weight is 429 g/mol. The van der Waals surface area contributed by atoms with E-state index >= 15 is 0 Å². The standard InChI is InChI=1S/C24H19N3O5/c28-22(25-13-4-2-6-15(10-13)27(31)32)12-3-1-5-14(9-12)26-23(29)20-16-7-8-17(19-11-18(16)19)21(20)24(26)30/h1-10,16-21H,11H2,(H,25,28)/t16-,17-,18-,19+,20+,21+/m0/s1. The van der Waals surface area contributed by atoms with Gasteiger partial charge < -0.3 is 5.32 Å². The molecule has 1 heterocycles. The van der Waals surface area contributed by atoms with E-state index in [0.717, 1.165) is 6.42 Å². The highest BCUT2D eigenvalue weighted by atomic mass is 16.6. The molecule has 0 spiro atoms. The number of carbonyl (C=O) groups is 3. The number of nitrogens with one attached hydrogen (secondary N) is 1. The van der Waals surface area contributed by atoms with Crippen molar-refractivity contribution in [3.63, 3.8) is 0 Å². The summed E-state index contributed by atoms with van der Waals surface area (Å²) in [5.74, 6) is -0.125. The van der Waals surface area contributed by atoms with Crippen LogP contribution in [0.25, 0.3) is 0 Å². The van der Waals surface area contributed by atoms with Gasteiger partial charge in [0.25, 0.3) is 11.6 Å². The fourth-order valence-electron chi connectivity index (χ4n) is 5.90. The lowest BCUT2D eigenvalue weighted by molar-refractivity contribution is -0.384. The van der Waals surface area contributed by atoms with Crippen LogP contribution in [0.3, 0.4) is 0 Å². The lowest BCUT2D eigenvalue weighted by Crippen LogP contribution is -2.40. The van der Waals surface area contributed by atoms with Gasteiger partial charge in [0, 0.05) is 23.4 Å². The van der Waals surface area contributed by atoms with Gasteiger partial charge in [-0.3, -0.25) is 24.5 Å². The summed E-state index contributed by atoms with van der Waals surface area (Å²) >= 11 is 0. The molecule has 160 valence electrons. The van der Waals surface area contributed by atoms with Crippen LogP contribution < -0.4 is 10.2 Å². The van der Waals surface area contributed by atoms with Crippen molar-refractivity contribution in [1.29, 1.82) is 0 Å². The molecule has 2 bridgehead atoms. The van der Waals surface area contributed by atoms with Gasteiger partial charge in [0.05, 0.1) is 22.4 Å². The van der Waals surface area contributed by atoms with Crippen molar-refractivity contribution >= 4 is 34.8 Å². The number of nitro benzene ring substituents is 1. The highest BCUT2D eigenvalue weighted by molar-refractivity contribution is 6.23.